The SMILES string of the molecule is COc1cccc(Cc2ccc3c(c2)CCC3NS(=O)C(C)C)c1. The molecule has 0 bridgehead atoms. The van der Waals surface area contributed by atoms with Crippen molar-refractivity contribution < 1.29 is 8.95 Å². The topological polar surface area (TPSA) is 38.3 Å². The molecule has 0 heterocycles. The Morgan fingerprint density at radius 1 is 1.21 bits per heavy atom. The van der Waals surface area contributed by atoms with E-state index < -0.39 is 11.0 Å². The lowest BCUT2D eigenvalue weighted by Crippen LogP contribution is -2.27. The van der Waals surface area contributed by atoms with E-state index >= 15 is 0 Å². The molecule has 0 fully saturated rings. The number of nitrogens with one attached hydrogen (secondary N) is 1. The molecule has 0 saturated heterocycles. The Morgan fingerprint density at radius 3 is 2.75 bits per heavy atom. The van der Waals surface area contributed by atoms with Crippen LogP contribution < -0.4 is 9.46 Å². The molecule has 2 unspecified atom stereocenters. The monoisotopic (exact) mass is 343 g/mol. The lowest BCUT2D eigenvalue weighted by atomic mass is 10.00. The number of hydrogen-bond acceptors (Lipinski definition) is 2. The molecule has 0 amide bonds. The molecule has 1 aliphatic rings. The van der Waals surface area contributed by atoms with Crippen molar-refractivity contribution in [3.05, 3.63) is 64.7 Å². The molecule has 2 aromatic rings. The number of benzene rings is 2. The van der Waals surface area contributed by atoms with Crippen LogP contribution in [0.25, 0.3) is 0 Å². The summed E-state index contributed by atoms with van der Waals surface area (Å²) < 4.78 is 20.6. The summed E-state index contributed by atoms with van der Waals surface area (Å²) >= 11 is 0. The van der Waals surface area contributed by atoms with Gasteiger partial charge in [-0.25, -0.2) is 8.93 Å². The van der Waals surface area contributed by atoms with Crippen molar-refractivity contribution in [2.24, 2.45) is 0 Å². The number of methoxy groups -OCH3 is 1. The molecular formula is C20H25NO2S. The molecule has 128 valence electrons. The largest absolute Gasteiger partial charge is 0.497 e. The minimum Gasteiger partial charge on any atom is -0.497 e. The summed E-state index contributed by atoms with van der Waals surface area (Å²) in [4.78, 5) is 0. The lowest BCUT2D eigenvalue weighted by molar-refractivity contribution is 0.414. The van der Waals surface area contributed by atoms with Crippen molar-refractivity contribution >= 4 is 11.0 Å². The molecule has 0 aromatic heterocycles. The van der Waals surface area contributed by atoms with Gasteiger partial charge in [-0.3, -0.25) is 0 Å². The summed E-state index contributed by atoms with van der Waals surface area (Å²) in [7, 11) is 0.724. The molecule has 0 spiro atoms. The fourth-order valence-electron chi connectivity index (χ4n) is 3.20. The van der Waals surface area contributed by atoms with Gasteiger partial charge in [0.05, 0.1) is 18.1 Å². The first-order chi connectivity index (χ1) is 11.6. The zero-order chi connectivity index (χ0) is 17.1. The minimum atomic E-state index is -0.973. The van der Waals surface area contributed by atoms with E-state index in [1.54, 1.807) is 7.11 Å². The highest BCUT2D eigenvalue weighted by atomic mass is 32.2. The van der Waals surface area contributed by atoms with Crippen molar-refractivity contribution in [1.82, 2.24) is 4.72 Å². The minimum absolute atomic E-state index is 0.140. The highest BCUT2D eigenvalue weighted by Crippen LogP contribution is 2.32. The van der Waals surface area contributed by atoms with Crippen LogP contribution in [-0.2, 0) is 23.8 Å². The van der Waals surface area contributed by atoms with Crippen LogP contribution in [0, 0.1) is 0 Å². The van der Waals surface area contributed by atoms with E-state index in [0.717, 1.165) is 25.0 Å². The molecule has 1 N–H and O–H groups in total. The summed E-state index contributed by atoms with van der Waals surface area (Å²) in [5.74, 6) is 0.897. The molecule has 3 rings (SSSR count). The average Bonchev–Trinajstić information content (AvgIpc) is 2.97. The first-order valence-electron chi connectivity index (χ1n) is 8.48. The van der Waals surface area contributed by atoms with E-state index in [-0.39, 0.29) is 11.3 Å². The van der Waals surface area contributed by atoms with Crippen LogP contribution >= 0.6 is 0 Å². The third-order valence-corrected chi connectivity index (χ3v) is 5.89. The number of aryl methyl sites for hydroxylation is 1. The van der Waals surface area contributed by atoms with Crippen LogP contribution in [0.4, 0.5) is 0 Å². The van der Waals surface area contributed by atoms with Gasteiger partial charge in [0, 0.05) is 11.3 Å². The van der Waals surface area contributed by atoms with Gasteiger partial charge in [0.1, 0.15) is 5.75 Å². The highest BCUT2D eigenvalue weighted by molar-refractivity contribution is 7.83. The average molecular weight is 343 g/mol. The standard InChI is InChI=1S/C20H25NO2S/c1-14(2)24(22)21-20-10-8-17-12-16(7-9-19(17)20)11-15-5-4-6-18(13-15)23-3/h4-7,9,12-14,20-21H,8,10-11H2,1-3H3. The first-order valence-corrected chi connectivity index (χ1v) is 9.69. The molecule has 2 aromatic carbocycles. The van der Waals surface area contributed by atoms with Gasteiger partial charge in [-0.2, -0.15) is 0 Å². The molecule has 3 nitrogen and oxygen atoms in total. The van der Waals surface area contributed by atoms with E-state index in [1.165, 1.54) is 22.3 Å². The fraction of sp³-hybridized carbons (Fsp3) is 0.400. The van der Waals surface area contributed by atoms with Gasteiger partial charge in [-0.05, 0) is 67.5 Å². The fourth-order valence-corrected chi connectivity index (χ4v) is 4.00. The molecular weight excluding hydrogens is 318 g/mol. The van der Waals surface area contributed by atoms with E-state index in [9.17, 15) is 4.21 Å². The van der Waals surface area contributed by atoms with Crippen LogP contribution in [0.2, 0.25) is 0 Å². The maximum absolute atomic E-state index is 12.1. The number of fused-ring (bicyclic) bond motifs is 1. The van der Waals surface area contributed by atoms with E-state index in [4.69, 9.17) is 4.74 Å². The quantitative estimate of drug-likeness (QED) is 0.863. The van der Waals surface area contributed by atoms with Crippen molar-refractivity contribution in [1.29, 1.82) is 0 Å². The van der Waals surface area contributed by atoms with Gasteiger partial charge < -0.3 is 4.74 Å². The van der Waals surface area contributed by atoms with Gasteiger partial charge >= 0.3 is 0 Å². The number of ether oxygens (including phenoxy) is 1. The van der Waals surface area contributed by atoms with E-state index in [0.29, 0.717) is 0 Å². The Balaban J connectivity index is 1.74. The van der Waals surface area contributed by atoms with Crippen molar-refractivity contribution in [3.63, 3.8) is 0 Å². The Kier molecular flexibility index (Phi) is 5.36. The highest BCUT2D eigenvalue weighted by Gasteiger charge is 2.24. The van der Waals surface area contributed by atoms with Gasteiger partial charge in [0.25, 0.3) is 0 Å². The lowest BCUT2D eigenvalue weighted by Gasteiger charge is -2.15. The van der Waals surface area contributed by atoms with E-state index in [1.807, 2.05) is 26.0 Å². The predicted octanol–water partition coefficient (Wildman–Crippen LogP) is 3.94. The molecule has 2 atom stereocenters. The number of rotatable bonds is 6. The van der Waals surface area contributed by atoms with Gasteiger partial charge in [-0.15, -0.1) is 0 Å². The maximum atomic E-state index is 12.1. The second-order valence-corrected chi connectivity index (χ2v) is 8.39. The van der Waals surface area contributed by atoms with Crippen LogP contribution in [0.1, 0.15) is 48.6 Å². The molecule has 0 saturated carbocycles. The zero-order valence-corrected chi connectivity index (χ0v) is 15.4. The summed E-state index contributed by atoms with van der Waals surface area (Å²) in [6, 6.07) is 15.1. The van der Waals surface area contributed by atoms with Crippen LogP contribution in [0.3, 0.4) is 0 Å². The smallest absolute Gasteiger partial charge is 0.119 e. The Bertz CT molecular complexity index is 742. The molecule has 1 aliphatic carbocycles. The summed E-state index contributed by atoms with van der Waals surface area (Å²) in [5.41, 5.74) is 5.25. The third kappa shape index (κ3) is 3.87. The second-order valence-electron chi connectivity index (χ2n) is 6.62. The Labute approximate surface area is 147 Å². The summed E-state index contributed by atoms with van der Waals surface area (Å²) in [5, 5.41) is 0.140. The van der Waals surface area contributed by atoms with Crippen molar-refractivity contribution in [2.45, 2.75) is 44.4 Å². The Hall–Kier alpha value is -1.65. The normalized spacial score (nSPS) is 17.8. The summed E-state index contributed by atoms with van der Waals surface area (Å²) in [6.07, 6.45) is 2.98. The molecule has 0 aliphatic heterocycles. The van der Waals surface area contributed by atoms with Crippen molar-refractivity contribution in [2.75, 3.05) is 7.11 Å². The maximum Gasteiger partial charge on any atom is 0.119 e. The number of hydrogen-bond donors (Lipinski definition) is 1. The molecule has 0 radical (unpaired) electrons. The molecule has 24 heavy (non-hydrogen) atoms. The van der Waals surface area contributed by atoms with Gasteiger partial charge in [0.2, 0.25) is 0 Å². The predicted molar refractivity (Wildman–Crippen MR) is 99.7 cm³/mol. The molecule has 4 heteroatoms. The zero-order valence-electron chi connectivity index (χ0n) is 14.5. The van der Waals surface area contributed by atoms with Crippen LogP contribution in [-0.4, -0.2) is 16.6 Å². The summed E-state index contributed by atoms with van der Waals surface area (Å²) in [6.45, 7) is 3.96. The third-order valence-electron chi connectivity index (χ3n) is 4.51. The van der Waals surface area contributed by atoms with Crippen molar-refractivity contribution in [3.8, 4) is 5.75 Å². The van der Waals surface area contributed by atoms with Crippen LogP contribution in [0.5, 0.6) is 5.75 Å². The Morgan fingerprint density at radius 2 is 2.00 bits per heavy atom. The second kappa shape index (κ2) is 7.49. The van der Waals surface area contributed by atoms with Gasteiger partial charge in [-0.1, -0.05) is 30.3 Å². The van der Waals surface area contributed by atoms with Gasteiger partial charge in [0.15, 0.2) is 0 Å². The van der Waals surface area contributed by atoms with Crippen LogP contribution in [0.15, 0.2) is 42.5 Å². The first kappa shape index (κ1) is 17.2. The van der Waals surface area contributed by atoms with E-state index in [2.05, 4.69) is 35.1 Å².